The fourth-order valence-corrected chi connectivity index (χ4v) is 3.39. The molecule has 8 heteroatoms. The van der Waals surface area contributed by atoms with Crippen LogP contribution in [0, 0.1) is 13.8 Å². The zero-order valence-corrected chi connectivity index (χ0v) is 14.2. The Morgan fingerprint density at radius 3 is 2.92 bits per heavy atom. The molecule has 3 aromatic rings. The standard InChI is InChI=1S/C17H18N4O4/c1-8-13(9(2)25-20-8)12-6-11(7-18-10(3)22)14-15-16(12)24-5-4-21(15)17(23)19-14/h6H,4-5,7H2,1-3H3,(H,18,22)(H,19,23). The first-order valence-electron chi connectivity index (χ1n) is 8.06. The summed E-state index contributed by atoms with van der Waals surface area (Å²) in [5, 5.41) is 6.81. The van der Waals surface area contributed by atoms with Gasteiger partial charge in [0.25, 0.3) is 0 Å². The van der Waals surface area contributed by atoms with Gasteiger partial charge in [0.15, 0.2) is 5.75 Å². The Morgan fingerprint density at radius 1 is 1.44 bits per heavy atom. The third kappa shape index (κ3) is 2.33. The van der Waals surface area contributed by atoms with Crippen LogP contribution in [0.2, 0.25) is 0 Å². The topological polar surface area (TPSA) is 102 Å². The summed E-state index contributed by atoms with van der Waals surface area (Å²) in [6.45, 7) is 6.37. The van der Waals surface area contributed by atoms with Gasteiger partial charge < -0.3 is 19.6 Å². The second-order valence-corrected chi connectivity index (χ2v) is 6.18. The van der Waals surface area contributed by atoms with Crippen LogP contribution < -0.4 is 15.7 Å². The van der Waals surface area contributed by atoms with E-state index in [1.165, 1.54) is 6.92 Å². The van der Waals surface area contributed by atoms with Gasteiger partial charge in [0.2, 0.25) is 5.91 Å². The number of aromatic amines is 1. The van der Waals surface area contributed by atoms with E-state index in [1.54, 1.807) is 4.57 Å². The second kappa shape index (κ2) is 5.51. The van der Waals surface area contributed by atoms with E-state index in [0.717, 1.165) is 22.4 Å². The van der Waals surface area contributed by atoms with Crippen molar-refractivity contribution in [2.45, 2.75) is 33.9 Å². The lowest BCUT2D eigenvalue weighted by atomic mass is 9.98. The highest BCUT2D eigenvalue weighted by Gasteiger charge is 2.26. The number of amides is 1. The van der Waals surface area contributed by atoms with Crippen molar-refractivity contribution in [1.29, 1.82) is 0 Å². The Kier molecular flexibility index (Phi) is 3.41. The lowest BCUT2D eigenvalue weighted by Gasteiger charge is -2.20. The molecular formula is C17H18N4O4. The average molecular weight is 342 g/mol. The molecule has 1 amide bonds. The minimum atomic E-state index is -0.181. The predicted molar refractivity (Wildman–Crippen MR) is 90.5 cm³/mol. The number of carbonyl (C=O) groups is 1. The molecule has 0 saturated carbocycles. The molecule has 0 spiro atoms. The molecule has 1 aromatic carbocycles. The fourth-order valence-electron chi connectivity index (χ4n) is 3.39. The highest BCUT2D eigenvalue weighted by molar-refractivity contribution is 5.94. The molecule has 2 N–H and O–H groups in total. The van der Waals surface area contributed by atoms with E-state index >= 15 is 0 Å². The van der Waals surface area contributed by atoms with Gasteiger partial charge in [-0.15, -0.1) is 0 Å². The molecule has 1 aliphatic rings. The SMILES string of the molecule is CC(=O)NCc1cc(-c2c(C)noc2C)c2c3c1[nH]c(=O)n3CCO2. The zero-order chi connectivity index (χ0) is 17.7. The van der Waals surface area contributed by atoms with Gasteiger partial charge in [-0.1, -0.05) is 5.16 Å². The summed E-state index contributed by atoms with van der Waals surface area (Å²) in [5.74, 6) is 1.18. The van der Waals surface area contributed by atoms with Crippen molar-refractivity contribution in [3.63, 3.8) is 0 Å². The molecule has 0 bridgehead atoms. The molecule has 130 valence electrons. The quantitative estimate of drug-likeness (QED) is 0.753. The largest absolute Gasteiger partial charge is 0.489 e. The van der Waals surface area contributed by atoms with Crippen LogP contribution in [0.3, 0.4) is 0 Å². The Bertz CT molecular complexity index is 1040. The van der Waals surface area contributed by atoms with Gasteiger partial charge in [0, 0.05) is 19.0 Å². The molecular weight excluding hydrogens is 324 g/mol. The van der Waals surface area contributed by atoms with E-state index in [1.807, 2.05) is 19.9 Å². The van der Waals surface area contributed by atoms with E-state index in [9.17, 15) is 9.59 Å². The van der Waals surface area contributed by atoms with Gasteiger partial charge in [0.05, 0.1) is 23.3 Å². The number of aryl methyl sites for hydroxylation is 2. The lowest BCUT2D eigenvalue weighted by molar-refractivity contribution is -0.119. The summed E-state index contributed by atoms with van der Waals surface area (Å²) < 4.78 is 12.9. The van der Waals surface area contributed by atoms with Gasteiger partial charge in [-0.3, -0.25) is 9.36 Å². The van der Waals surface area contributed by atoms with Gasteiger partial charge in [-0.05, 0) is 25.5 Å². The Labute approximate surface area is 142 Å². The number of hydrogen-bond acceptors (Lipinski definition) is 5. The Hall–Kier alpha value is -3.03. The highest BCUT2D eigenvalue weighted by Crippen LogP contribution is 2.41. The van der Waals surface area contributed by atoms with Crippen LogP contribution in [0.4, 0.5) is 0 Å². The molecule has 0 radical (unpaired) electrons. The van der Waals surface area contributed by atoms with E-state index in [-0.39, 0.29) is 11.6 Å². The van der Waals surface area contributed by atoms with Gasteiger partial charge in [0.1, 0.15) is 17.9 Å². The number of aromatic nitrogens is 3. The molecule has 2 aromatic heterocycles. The number of rotatable bonds is 3. The van der Waals surface area contributed by atoms with Crippen molar-refractivity contribution in [3.8, 4) is 16.9 Å². The lowest BCUT2D eigenvalue weighted by Crippen LogP contribution is -2.24. The second-order valence-electron chi connectivity index (χ2n) is 6.18. The van der Waals surface area contributed by atoms with E-state index in [0.29, 0.717) is 42.2 Å². The summed E-state index contributed by atoms with van der Waals surface area (Å²) in [6.07, 6.45) is 0. The maximum absolute atomic E-state index is 12.3. The average Bonchev–Trinajstić information content (AvgIpc) is 3.09. The van der Waals surface area contributed by atoms with Crippen LogP contribution in [0.1, 0.15) is 23.9 Å². The first-order chi connectivity index (χ1) is 12.0. The van der Waals surface area contributed by atoms with Crippen molar-refractivity contribution in [3.05, 3.63) is 33.6 Å². The predicted octanol–water partition coefficient (Wildman–Crippen LogP) is 1.63. The normalized spacial score (nSPS) is 13.1. The molecule has 0 unspecified atom stereocenters. The number of ether oxygens (including phenoxy) is 1. The summed E-state index contributed by atoms with van der Waals surface area (Å²) in [6, 6.07) is 1.92. The zero-order valence-electron chi connectivity index (χ0n) is 14.2. The number of hydrogen-bond donors (Lipinski definition) is 2. The minimum absolute atomic E-state index is 0.138. The number of benzene rings is 1. The number of H-pyrrole nitrogens is 1. The minimum Gasteiger partial charge on any atom is -0.489 e. The van der Waals surface area contributed by atoms with Gasteiger partial charge in [-0.25, -0.2) is 4.79 Å². The monoisotopic (exact) mass is 342 g/mol. The molecule has 1 aliphatic heterocycles. The molecule has 0 fully saturated rings. The van der Waals surface area contributed by atoms with Crippen LogP contribution in [0.15, 0.2) is 15.4 Å². The number of carbonyl (C=O) groups excluding carboxylic acids is 1. The number of nitrogens with zero attached hydrogens (tertiary/aromatic N) is 2. The van der Waals surface area contributed by atoms with Gasteiger partial charge >= 0.3 is 5.69 Å². The summed E-state index contributed by atoms with van der Waals surface area (Å²) >= 11 is 0. The van der Waals surface area contributed by atoms with Crippen LogP contribution in [0.25, 0.3) is 22.2 Å². The smallest absolute Gasteiger partial charge is 0.326 e. The molecule has 3 heterocycles. The Balaban J connectivity index is 2.05. The molecule has 0 atom stereocenters. The maximum atomic E-state index is 12.3. The third-order valence-corrected chi connectivity index (χ3v) is 4.47. The van der Waals surface area contributed by atoms with Crippen LogP contribution in [0.5, 0.6) is 5.75 Å². The summed E-state index contributed by atoms with van der Waals surface area (Å²) in [5.41, 5.74) is 4.44. The molecule has 25 heavy (non-hydrogen) atoms. The van der Waals surface area contributed by atoms with Crippen molar-refractivity contribution >= 4 is 16.9 Å². The van der Waals surface area contributed by atoms with Crippen molar-refractivity contribution < 1.29 is 14.1 Å². The van der Waals surface area contributed by atoms with Gasteiger partial charge in [-0.2, -0.15) is 0 Å². The maximum Gasteiger partial charge on any atom is 0.326 e. The van der Waals surface area contributed by atoms with Crippen molar-refractivity contribution in [1.82, 2.24) is 20.0 Å². The van der Waals surface area contributed by atoms with E-state index in [2.05, 4.69) is 15.5 Å². The van der Waals surface area contributed by atoms with Crippen LogP contribution in [-0.4, -0.2) is 27.2 Å². The molecule has 8 nitrogen and oxygen atoms in total. The third-order valence-electron chi connectivity index (χ3n) is 4.47. The number of nitrogens with one attached hydrogen (secondary N) is 2. The Morgan fingerprint density at radius 2 is 2.24 bits per heavy atom. The van der Waals surface area contributed by atoms with E-state index < -0.39 is 0 Å². The van der Waals surface area contributed by atoms with Crippen molar-refractivity contribution in [2.24, 2.45) is 0 Å². The van der Waals surface area contributed by atoms with Crippen LogP contribution >= 0.6 is 0 Å². The van der Waals surface area contributed by atoms with Crippen molar-refractivity contribution in [2.75, 3.05) is 6.61 Å². The molecule has 4 rings (SSSR count). The molecule has 0 aliphatic carbocycles. The highest BCUT2D eigenvalue weighted by atomic mass is 16.5. The summed E-state index contributed by atoms with van der Waals surface area (Å²) in [7, 11) is 0. The van der Waals surface area contributed by atoms with Crippen LogP contribution in [-0.2, 0) is 17.9 Å². The molecule has 0 saturated heterocycles. The number of imidazole rings is 1. The first kappa shape index (κ1) is 15.5. The summed E-state index contributed by atoms with van der Waals surface area (Å²) in [4.78, 5) is 26.5. The first-order valence-corrected chi connectivity index (χ1v) is 8.06. The fraction of sp³-hybridized carbons (Fsp3) is 0.353. The van der Waals surface area contributed by atoms with E-state index in [4.69, 9.17) is 9.26 Å².